The topological polar surface area (TPSA) is 135 Å². The number of aliphatic hydroxyl groups is 1. The van der Waals surface area contributed by atoms with E-state index in [-0.39, 0.29) is 35.6 Å². The number of aromatic nitrogens is 5. The van der Waals surface area contributed by atoms with E-state index in [0.29, 0.717) is 32.8 Å². The van der Waals surface area contributed by atoms with Crippen LogP contribution in [-0.4, -0.2) is 41.6 Å². The van der Waals surface area contributed by atoms with Gasteiger partial charge < -0.3 is 16.2 Å². The van der Waals surface area contributed by atoms with Crippen LogP contribution in [-0.2, 0) is 29.9 Å². The van der Waals surface area contributed by atoms with Crippen LogP contribution in [0.5, 0.6) is 0 Å². The number of nitrogens with two attached hydrogens (primary N) is 1. The Hall–Kier alpha value is -5.43. The van der Waals surface area contributed by atoms with Gasteiger partial charge in [-0.1, -0.05) is 12.0 Å². The fourth-order valence-electron chi connectivity index (χ4n) is 6.62. The highest BCUT2D eigenvalue weighted by atomic mass is 19.4. The molecule has 0 bridgehead atoms. The van der Waals surface area contributed by atoms with E-state index in [1.54, 1.807) is 30.3 Å². The van der Waals surface area contributed by atoms with Gasteiger partial charge in [0, 0.05) is 28.5 Å². The number of hydrogen-bond acceptors (Lipinski definition) is 6. The summed E-state index contributed by atoms with van der Waals surface area (Å²) >= 11 is 0. The van der Waals surface area contributed by atoms with Gasteiger partial charge in [-0.2, -0.15) is 32.1 Å². The average Bonchev–Trinajstić information content (AvgIpc) is 3.54. The van der Waals surface area contributed by atoms with E-state index in [2.05, 4.69) is 37.4 Å². The van der Waals surface area contributed by atoms with Crippen molar-refractivity contribution in [3.63, 3.8) is 0 Å². The first-order valence-corrected chi connectivity index (χ1v) is 15.7. The summed E-state index contributed by atoms with van der Waals surface area (Å²) in [6.45, 7) is 1.88. The first kappa shape index (κ1) is 34.0. The number of fused-ring (bicyclic) bond motifs is 4. The Bertz CT molecular complexity index is 2260. The molecule has 3 heterocycles. The summed E-state index contributed by atoms with van der Waals surface area (Å²) < 4.78 is 101. The lowest BCUT2D eigenvalue weighted by Gasteiger charge is -2.23. The third-order valence-corrected chi connectivity index (χ3v) is 8.85. The largest absolute Gasteiger partial charge is 0.435 e. The summed E-state index contributed by atoms with van der Waals surface area (Å²) in [4.78, 5) is 18.3. The molecule has 2 aromatic carbocycles. The number of nitrogens with one attached hydrogen (secondary N) is 2. The molecule has 1 amide bonds. The van der Waals surface area contributed by atoms with Crippen molar-refractivity contribution in [3.8, 4) is 23.0 Å². The van der Waals surface area contributed by atoms with Gasteiger partial charge >= 0.3 is 6.18 Å². The Balaban J connectivity index is 1.33. The molecule has 2 aliphatic carbocycles. The third-order valence-electron chi connectivity index (χ3n) is 8.85. The second kappa shape index (κ2) is 11.8. The number of amides is 1. The van der Waals surface area contributed by atoms with Crippen LogP contribution in [0.4, 0.5) is 36.6 Å². The minimum Gasteiger partial charge on any atom is -0.382 e. The quantitative estimate of drug-likeness (QED) is 0.119. The number of H-pyrrole nitrogens is 1. The highest BCUT2D eigenvalue weighted by Gasteiger charge is 2.68. The number of nitrogens with zero attached hydrogens (tertiary/aromatic N) is 4. The minimum absolute atomic E-state index is 0.0685. The van der Waals surface area contributed by atoms with Crippen molar-refractivity contribution in [2.24, 2.45) is 5.92 Å². The minimum atomic E-state index is -5.04. The van der Waals surface area contributed by atoms with Gasteiger partial charge in [0.15, 0.2) is 11.5 Å². The predicted octanol–water partition coefficient (Wildman–Crippen LogP) is 6.13. The molecule has 5 N–H and O–H groups in total. The Kier molecular flexibility index (Phi) is 7.90. The molecule has 0 aliphatic heterocycles. The molecule has 1 saturated carbocycles. The van der Waals surface area contributed by atoms with E-state index in [1.165, 1.54) is 13.8 Å². The zero-order valence-electron chi connectivity index (χ0n) is 26.8. The number of carbonyl (C=O) groups is 1. The van der Waals surface area contributed by atoms with Crippen molar-refractivity contribution >= 4 is 22.6 Å². The predicted molar refractivity (Wildman–Crippen MR) is 170 cm³/mol. The summed E-state index contributed by atoms with van der Waals surface area (Å²) in [5.74, 6) is -3.24. The zero-order valence-corrected chi connectivity index (χ0v) is 26.8. The molecule has 9 nitrogen and oxygen atoms in total. The highest BCUT2D eigenvalue weighted by molar-refractivity contribution is 5.92. The maximum absolute atomic E-state index is 15.2. The first-order valence-electron chi connectivity index (χ1n) is 15.7. The van der Waals surface area contributed by atoms with Crippen LogP contribution in [0.25, 0.3) is 22.0 Å². The van der Waals surface area contributed by atoms with Gasteiger partial charge in [0.2, 0.25) is 5.91 Å². The molecule has 3 atom stereocenters. The number of pyridine rings is 1. The van der Waals surface area contributed by atoms with Gasteiger partial charge in [0.05, 0.1) is 17.3 Å². The lowest BCUT2D eigenvalue weighted by atomic mass is 9.94. The Morgan fingerprint density at radius 3 is 2.55 bits per heavy atom. The van der Waals surface area contributed by atoms with Crippen molar-refractivity contribution < 1.29 is 40.6 Å². The number of anilines is 1. The number of alkyl halides is 5. The van der Waals surface area contributed by atoms with Crippen molar-refractivity contribution in [1.29, 1.82) is 0 Å². The molecule has 5 aromatic rings. The number of carbonyl (C=O) groups excluding carboxylic acids is 1. The molecule has 0 unspecified atom stereocenters. The van der Waals surface area contributed by atoms with E-state index in [4.69, 9.17) is 5.73 Å². The molecule has 16 heteroatoms. The van der Waals surface area contributed by atoms with E-state index >= 15 is 8.78 Å². The highest BCUT2D eigenvalue weighted by Crippen LogP contribution is 2.68. The second-order valence-electron chi connectivity index (χ2n) is 13.2. The smallest absolute Gasteiger partial charge is 0.382 e. The third kappa shape index (κ3) is 6.49. The van der Waals surface area contributed by atoms with Crippen LogP contribution in [0.15, 0.2) is 48.5 Å². The van der Waals surface area contributed by atoms with E-state index in [0.717, 1.165) is 12.1 Å². The summed E-state index contributed by atoms with van der Waals surface area (Å²) in [5, 5.41) is 23.6. The number of rotatable bonds is 7. The molecular formula is C35H28F7N7O2. The summed E-state index contributed by atoms with van der Waals surface area (Å²) in [6.07, 6.45) is -5.46. The van der Waals surface area contributed by atoms with E-state index in [1.807, 2.05) is 0 Å². The van der Waals surface area contributed by atoms with Gasteiger partial charge in [0.25, 0.3) is 5.92 Å². The van der Waals surface area contributed by atoms with Crippen LogP contribution in [0.3, 0.4) is 0 Å². The van der Waals surface area contributed by atoms with E-state index in [9.17, 15) is 31.9 Å². The van der Waals surface area contributed by atoms with Gasteiger partial charge in [-0.25, -0.2) is 13.8 Å². The molecule has 2 aliphatic rings. The molecule has 7 rings (SSSR count). The fraction of sp³-hybridized carbons (Fsp3) is 0.314. The molecule has 3 aromatic heterocycles. The Morgan fingerprint density at radius 1 is 1.14 bits per heavy atom. The Labute approximate surface area is 285 Å². The average molecular weight is 712 g/mol. The van der Waals surface area contributed by atoms with Gasteiger partial charge in [-0.3, -0.25) is 14.6 Å². The van der Waals surface area contributed by atoms with Crippen molar-refractivity contribution in [2.45, 2.75) is 62.9 Å². The monoisotopic (exact) mass is 711 g/mol. The molecule has 1 fully saturated rings. The standard InChI is InChI=1S/C35H28F7N7O2/c1-33(2,51)8-7-20-4-5-21(17-3-6-25-23(12-17)32(43)47-46-25)29(44-20)26(11-16-9-18(36)13-19(37)10-16)45-27(50)15-49-31-28(30(48-49)35(40,41)42)22-14-24(22)34(31,38)39/h3-6,9-10,12-13,22,24,26,51H,11,14-15H2,1-2H3,(H,45,50)(H3,43,46,47)/t22-,24+,26-/m0/s1. The van der Waals surface area contributed by atoms with E-state index < -0.39 is 76.6 Å². The molecule has 0 saturated heterocycles. The summed E-state index contributed by atoms with van der Waals surface area (Å²) in [7, 11) is 0. The SMILES string of the molecule is CC(C)(O)C#Cc1ccc(-c2ccc3[nH]nc(N)c3c2)c([C@H](Cc2cc(F)cc(F)c2)NC(=O)Cn2nc(C(F)(F)F)c3c2C(F)(F)[C@@H]2C[C@H]32)n1. The van der Waals surface area contributed by atoms with Gasteiger partial charge in [-0.05, 0) is 86.1 Å². The first-order chi connectivity index (χ1) is 23.9. The number of aromatic amines is 1. The molecule has 0 spiro atoms. The van der Waals surface area contributed by atoms with Crippen LogP contribution in [0.2, 0.25) is 0 Å². The summed E-state index contributed by atoms with van der Waals surface area (Å²) in [6, 6.07) is 9.69. The second-order valence-corrected chi connectivity index (χ2v) is 13.2. The lowest BCUT2D eigenvalue weighted by molar-refractivity contribution is -0.142. The molecule has 264 valence electrons. The van der Waals surface area contributed by atoms with Crippen molar-refractivity contribution in [1.82, 2.24) is 30.3 Å². The van der Waals surface area contributed by atoms with Crippen LogP contribution < -0.4 is 11.1 Å². The number of halogens is 7. The van der Waals surface area contributed by atoms with Crippen LogP contribution in [0.1, 0.15) is 66.1 Å². The zero-order chi connectivity index (χ0) is 36.6. The molecule has 0 radical (unpaired) electrons. The lowest BCUT2D eigenvalue weighted by Crippen LogP contribution is -2.35. The summed E-state index contributed by atoms with van der Waals surface area (Å²) in [5.41, 5.74) is 3.41. The number of hydrogen-bond donors (Lipinski definition) is 4. The van der Waals surface area contributed by atoms with Crippen LogP contribution in [0, 0.1) is 29.4 Å². The van der Waals surface area contributed by atoms with Gasteiger partial charge in [-0.15, -0.1) is 0 Å². The normalized spacial score (nSPS) is 18.2. The van der Waals surface area contributed by atoms with Gasteiger partial charge in [0.1, 0.15) is 35.2 Å². The van der Waals surface area contributed by atoms with Crippen LogP contribution >= 0.6 is 0 Å². The molecule has 51 heavy (non-hydrogen) atoms. The number of benzene rings is 2. The fourth-order valence-corrected chi connectivity index (χ4v) is 6.62. The molecular weight excluding hydrogens is 683 g/mol. The van der Waals surface area contributed by atoms with Crippen molar-refractivity contribution in [2.75, 3.05) is 5.73 Å². The van der Waals surface area contributed by atoms with Crippen molar-refractivity contribution in [3.05, 3.63) is 94.1 Å². The maximum atomic E-state index is 15.2. The number of nitrogen functional groups attached to an aromatic ring is 1. The Morgan fingerprint density at radius 2 is 1.86 bits per heavy atom. The maximum Gasteiger partial charge on any atom is 0.435 e.